The average molecular weight is 442 g/mol. The fourth-order valence-electron chi connectivity index (χ4n) is 3.24. The predicted molar refractivity (Wildman–Crippen MR) is 114 cm³/mol. The second-order valence-electron chi connectivity index (χ2n) is 6.93. The number of pyridine rings is 1. The minimum Gasteiger partial charge on any atom is -0.396 e. The molecule has 0 atom stereocenters. The van der Waals surface area contributed by atoms with Crippen molar-refractivity contribution >= 4 is 38.2 Å². The van der Waals surface area contributed by atoms with Crippen LogP contribution in [0.15, 0.2) is 54.9 Å². The van der Waals surface area contributed by atoms with Gasteiger partial charge in [-0.05, 0) is 35.9 Å². The van der Waals surface area contributed by atoms with Gasteiger partial charge in [0.2, 0.25) is 15.8 Å². The lowest BCUT2D eigenvalue weighted by Gasteiger charge is -2.08. The van der Waals surface area contributed by atoms with E-state index in [2.05, 4.69) is 14.7 Å². The number of aromatic nitrogens is 2. The maximum atomic E-state index is 14.4. The average Bonchev–Trinajstić information content (AvgIpc) is 3.13. The monoisotopic (exact) mass is 442 g/mol. The molecule has 0 unspecified atom stereocenters. The highest BCUT2D eigenvalue weighted by atomic mass is 32.2. The molecule has 0 aliphatic carbocycles. The van der Waals surface area contributed by atoms with Crippen LogP contribution >= 0.6 is 0 Å². The van der Waals surface area contributed by atoms with E-state index in [0.717, 1.165) is 18.4 Å². The Bertz CT molecular complexity index is 1450. The zero-order valence-corrected chi connectivity index (χ0v) is 16.9. The third-order valence-corrected chi connectivity index (χ3v) is 5.23. The Morgan fingerprint density at radius 2 is 1.90 bits per heavy atom. The van der Waals surface area contributed by atoms with Crippen LogP contribution in [0.1, 0.15) is 15.9 Å². The number of halogens is 2. The van der Waals surface area contributed by atoms with E-state index in [1.807, 2.05) is 0 Å². The largest absolute Gasteiger partial charge is 0.396 e. The highest BCUT2D eigenvalue weighted by Gasteiger charge is 2.24. The van der Waals surface area contributed by atoms with Crippen LogP contribution in [0, 0.1) is 11.6 Å². The molecule has 31 heavy (non-hydrogen) atoms. The Balaban J connectivity index is 1.80. The van der Waals surface area contributed by atoms with Gasteiger partial charge in [-0.3, -0.25) is 9.52 Å². The second-order valence-corrected chi connectivity index (χ2v) is 8.68. The van der Waals surface area contributed by atoms with E-state index >= 15 is 0 Å². The number of anilines is 2. The maximum absolute atomic E-state index is 14.4. The molecule has 2 aromatic heterocycles. The molecule has 0 saturated carbocycles. The first-order chi connectivity index (χ1) is 14.6. The number of ketones is 1. The van der Waals surface area contributed by atoms with Crippen molar-refractivity contribution in [1.29, 1.82) is 0 Å². The van der Waals surface area contributed by atoms with Crippen LogP contribution in [0.3, 0.4) is 0 Å². The summed E-state index contributed by atoms with van der Waals surface area (Å²) in [6.45, 7) is 0. The summed E-state index contributed by atoms with van der Waals surface area (Å²) in [5.41, 5.74) is 6.34. The molecule has 0 amide bonds. The molecular weight excluding hydrogens is 426 g/mol. The number of benzene rings is 2. The lowest BCUT2D eigenvalue weighted by molar-refractivity contribution is 0.103. The Morgan fingerprint density at radius 1 is 1.13 bits per heavy atom. The molecule has 4 aromatic rings. The molecule has 4 rings (SSSR count). The van der Waals surface area contributed by atoms with Gasteiger partial charge in [0.05, 0.1) is 17.5 Å². The number of nitrogens with zero attached hydrogens (tertiary/aromatic N) is 1. The standard InChI is InChI=1S/C21H16F2N4O3S/c1-31(29,30)27-13-4-2-3-11(7-13)12-8-14-15(10-26-21(14)25-9-12)20(28)18-16(22)5-6-17(24)19(18)23/h2-10,27H,24H2,1H3,(H,25,26). The van der Waals surface area contributed by atoms with Crippen molar-refractivity contribution in [2.24, 2.45) is 0 Å². The van der Waals surface area contributed by atoms with Gasteiger partial charge in [0.15, 0.2) is 5.82 Å². The van der Waals surface area contributed by atoms with Crippen molar-refractivity contribution in [3.63, 3.8) is 0 Å². The van der Waals surface area contributed by atoms with Crippen molar-refractivity contribution in [2.75, 3.05) is 16.7 Å². The van der Waals surface area contributed by atoms with E-state index in [4.69, 9.17) is 5.73 Å². The molecule has 0 bridgehead atoms. The van der Waals surface area contributed by atoms with Crippen molar-refractivity contribution < 1.29 is 22.0 Å². The topological polar surface area (TPSA) is 118 Å². The van der Waals surface area contributed by atoms with Gasteiger partial charge >= 0.3 is 0 Å². The van der Waals surface area contributed by atoms with Gasteiger partial charge in [-0.15, -0.1) is 0 Å². The first-order valence-electron chi connectivity index (χ1n) is 8.97. The second kappa shape index (κ2) is 7.47. The minimum atomic E-state index is -3.46. The number of aromatic amines is 1. The van der Waals surface area contributed by atoms with E-state index in [1.165, 1.54) is 12.4 Å². The molecule has 4 N–H and O–H groups in total. The van der Waals surface area contributed by atoms with Crippen LogP contribution in [0.2, 0.25) is 0 Å². The number of nitrogens with one attached hydrogen (secondary N) is 2. The van der Waals surface area contributed by atoms with Gasteiger partial charge in [0.25, 0.3) is 0 Å². The van der Waals surface area contributed by atoms with Crippen LogP contribution in [0.25, 0.3) is 22.2 Å². The van der Waals surface area contributed by atoms with Crippen LogP contribution in [0.4, 0.5) is 20.2 Å². The maximum Gasteiger partial charge on any atom is 0.229 e. The summed E-state index contributed by atoms with van der Waals surface area (Å²) in [5.74, 6) is -3.02. The number of hydrogen-bond acceptors (Lipinski definition) is 5. The number of sulfonamides is 1. The Kier molecular flexibility index (Phi) is 4.94. The van der Waals surface area contributed by atoms with Gasteiger partial charge in [-0.2, -0.15) is 0 Å². The van der Waals surface area contributed by atoms with E-state index in [9.17, 15) is 22.0 Å². The number of rotatable bonds is 5. The number of nitrogens with two attached hydrogens (primary N) is 1. The molecule has 0 aliphatic rings. The number of carbonyl (C=O) groups excluding carboxylic acids is 1. The molecule has 0 aliphatic heterocycles. The number of carbonyl (C=O) groups is 1. The summed E-state index contributed by atoms with van der Waals surface area (Å²) in [7, 11) is -3.46. The zero-order valence-electron chi connectivity index (χ0n) is 16.1. The first kappa shape index (κ1) is 20.5. The predicted octanol–water partition coefficient (Wildman–Crippen LogP) is 3.69. The highest BCUT2D eigenvalue weighted by molar-refractivity contribution is 7.92. The van der Waals surface area contributed by atoms with E-state index in [1.54, 1.807) is 30.3 Å². The van der Waals surface area contributed by atoms with Crippen LogP contribution in [-0.4, -0.2) is 30.4 Å². The van der Waals surface area contributed by atoms with Crippen molar-refractivity contribution in [1.82, 2.24) is 9.97 Å². The van der Waals surface area contributed by atoms with Crippen molar-refractivity contribution in [2.45, 2.75) is 0 Å². The molecule has 7 nitrogen and oxygen atoms in total. The molecule has 0 fully saturated rings. The highest BCUT2D eigenvalue weighted by Crippen LogP contribution is 2.29. The summed E-state index contributed by atoms with van der Waals surface area (Å²) < 4.78 is 53.9. The molecule has 0 radical (unpaired) electrons. The molecule has 0 saturated heterocycles. The number of H-pyrrole nitrogens is 1. The van der Waals surface area contributed by atoms with Gasteiger partial charge in [-0.25, -0.2) is 22.2 Å². The molecule has 158 valence electrons. The fraction of sp³-hybridized carbons (Fsp3) is 0.0476. The summed E-state index contributed by atoms with van der Waals surface area (Å²) in [4.78, 5) is 20.0. The van der Waals surface area contributed by atoms with Gasteiger partial charge in [-0.1, -0.05) is 12.1 Å². The summed E-state index contributed by atoms with van der Waals surface area (Å²) >= 11 is 0. The normalized spacial score (nSPS) is 11.6. The van der Waals surface area contributed by atoms with Crippen LogP contribution in [-0.2, 0) is 10.0 Å². The summed E-state index contributed by atoms with van der Waals surface area (Å²) in [5, 5.41) is 0.352. The van der Waals surface area contributed by atoms with Crippen molar-refractivity contribution in [3.8, 4) is 11.1 Å². The third kappa shape index (κ3) is 3.97. The van der Waals surface area contributed by atoms with Gasteiger partial charge < -0.3 is 10.7 Å². The van der Waals surface area contributed by atoms with E-state index < -0.39 is 33.0 Å². The minimum absolute atomic E-state index is 0.0261. The van der Waals surface area contributed by atoms with Crippen LogP contribution in [0.5, 0.6) is 0 Å². The third-order valence-electron chi connectivity index (χ3n) is 4.62. The number of nitrogen functional groups attached to an aromatic ring is 1. The summed E-state index contributed by atoms with van der Waals surface area (Å²) in [6.07, 6.45) is 3.90. The number of fused-ring (bicyclic) bond motifs is 1. The van der Waals surface area contributed by atoms with E-state index in [0.29, 0.717) is 27.8 Å². The number of hydrogen-bond donors (Lipinski definition) is 3. The Labute approximate surface area is 176 Å². The molecular formula is C21H16F2N4O3S. The van der Waals surface area contributed by atoms with Crippen molar-refractivity contribution in [3.05, 3.63) is 77.6 Å². The molecule has 2 aromatic carbocycles. The smallest absolute Gasteiger partial charge is 0.229 e. The van der Waals surface area contributed by atoms with Gasteiger partial charge in [0.1, 0.15) is 11.5 Å². The molecule has 0 spiro atoms. The fourth-order valence-corrected chi connectivity index (χ4v) is 3.79. The lowest BCUT2D eigenvalue weighted by atomic mass is 9.99. The van der Waals surface area contributed by atoms with E-state index in [-0.39, 0.29) is 11.3 Å². The zero-order chi connectivity index (χ0) is 22.3. The van der Waals surface area contributed by atoms with Crippen LogP contribution < -0.4 is 10.5 Å². The Hall–Kier alpha value is -3.79. The lowest BCUT2D eigenvalue weighted by Crippen LogP contribution is -2.09. The SMILES string of the molecule is CS(=O)(=O)Nc1cccc(-c2cnc3[nH]cc(C(=O)c4c(F)ccc(N)c4F)c3c2)c1. The molecule has 10 heteroatoms. The Morgan fingerprint density at radius 3 is 2.65 bits per heavy atom. The first-order valence-corrected chi connectivity index (χ1v) is 10.9. The molecule has 2 heterocycles. The quantitative estimate of drug-likeness (QED) is 0.322. The van der Waals surface area contributed by atoms with Gasteiger partial charge in [0, 0.05) is 34.6 Å². The summed E-state index contributed by atoms with van der Waals surface area (Å²) in [6, 6.07) is 10.2.